The lowest BCUT2D eigenvalue weighted by Gasteiger charge is -2.10. The average Bonchev–Trinajstić information content (AvgIpc) is 2.42. The molecular weight excluding hydrogens is 344 g/mol. The minimum Gasteiger partial charge on any atom is -0.484 e. The lowest BCUT2D eigenvalue weighted by atomic mass is 10.2. The Hall–Kier alpha value is -1.72. The van der Waals surface area contributed by atoms with E-state index in [1.165, 1.54) is 0 Å². The number of amides is 1. The first-order valence-electron chi connectivity index (χ1n) is 5.78. The summed E-state index contributed by atoms with van der Waals surface area (Å²) in [6.45, 7) is -0.119. The standard InChI is InChI=1S/C14H12BrClN2O2/c15-9-4-6-10(7-5-9)20-8-13(19)18-14-11(16)2-1-3-12(14)17/h1-7H,8,17H2,(H,18,19). The molecule has 4 nitrogen and oxygen atoms in total. The fourth-order valence-corrected chi connectivity index (χ4v) is 2.02. The van der Waals surface area contributed by atoms with Gasteiger partial charge < -0.3 is 15.8 Å². The fraction of sp³-hybridized carbons (Fsp3) is 0.0714. The topological polar surface area (TPSA) is 64.3 Å². The Labute approximate surface area is 130 Å². The molecule has 0 spiro atoms. The lowest BCUT2D eigenvalue weighted by Crippen LogP contribution is -2.21. The van der Waals surface area contributed by atoms with Crippen molar-refractivity contribution in [3.05, 3.63) is 52.0 Å². The van der Waals surface area contributed by atoms with Crippen LogP contribution in [-0.4, -0.2) is 12.5 Å². The van der Waals surface area contributed by atoms with Gasteiger partial charge in [-0.05, 0) is 36.4 Å². The Morgan fingerprint density at radius 1 is 1.25 bits per heavy atom. The van der Waals surface area contributed by atoms with Gasteiger partial charge in [-0.1, -0.05) is 33.6 Å². The minimum atomic E-state index is -0.326. The summed E-state index contributed by atoms with van der Waals surface area (Å²) in [7, 11) is 0. The van der Waals surface area contributed by atoms with Gasteiger partial charge in [-0.25, -0.2) is 0 Å². The number of hydrogen-bond donors (Lipinski definition) is 2. The van der Waals surface area contributed by atoms with Gasteiger partial charge in [-0.2, -0.15) is 0 Å². The Bertz CT molecular complexity index is 597. The molecule has 0 radical (unpaired) electrons. The molecule has 0 unspecified atom stereocenters. The van der Waals surface area contributed by atoms with Crippen molar-refractivity contribution in [1.29, 1.82) is 0 Å². The molecule has 3 N–H and O–H groups in total. The summed E-state index contributed by atoms with van der Waals surface area (Å²) in [5, 5.41) is 3.02. The monoisotopic (exact) mass is 354 g/mol. The Morgan fingerprint density at radius 2 is 1.95 bits per heavy atom. The van der Waals surface area contributed by atoms with Crippen molar-refractivity contribution in [2.45, 2.75) is 0 Å². The Kier molecular flexibility index (Phi) is 4.87. The molecule has 0 atom stereocenters. The van der Waals surface area contributed by atoms with E-state index in [2.05, 4.69) is 21.2 Å². The average molecular weight is 356 g/mol. The van der Waals surface area contributed by atoms with E-state index in [0.717, 1.165) is 4.47 Å². The number of carbonyl (C=O) groups is 1. The SMILES string of the molecule is Nc1cccc(Cl)c1NC(=O)COc1ccc(Br)cc1. The molecule has 0 aliphatic heterocycles. The van der Waals surface area contributed by atoms with E-state index in [-0.39, 0.29) is 12.5 Å². The Balaban J connectivity index is 1.94. The molecule has 20 heavy (non-hydrogen) atoms. The highest BCUT2D eigenvalue weighted by Crippen LogP contribution is 2.27. The zero-order chi connectivity index (χ0) is 14.5. The first kappa shape index (κ1) is 14.7. The molecule has 104 valence electrons. The zero-order valence-corrected chi connectivity index (χ0v) is 12.7. The van der Waals surface area contributed by atoms with Crippen molar-refractivity contribution in [2.24, 2.45) is 0 Å². The molecule has 6 heteroatoms. The van der Waals surface area contributed by atoms with Gasteiger partial charge in [0.15, 0.2) is 6.61 Å². The van der Waals surface area contributed by atoms with Crippen LogP contribution in [0.4, 0.5) is 11.4 Å². The maximum atomic E-state index is 11.8. The maximum absolute atomic E-state index is 11.8. The summed E-state index contributed by atoms with van der Waals surface area (Å²) in [5.41, 5.74) is 6.56. The van der Waals surface area contributed by atoms with Crippen molar-refractivity contribution >= 4 is 44.8 Å². The molecule has 0 aliphatic carbocycles. The molecule has 0 saturated heterocycles. The number of halogens is 2. The second kappa shape index (κ2) is 6.63. The van der Waals surface area contributed by atoms with Gasteiger partial charge in [0.25, 0.3) is 5.91 Å². The summed E-state index contributed by atoms with van der Waals surface area (Å²) in [4.78, 5) is 11.8. The third-order valence-corrected chi connectivity index (χ3v) is 3.34. The van der Waals surface area contributed by atoms with Gasteiger partial charge in [0.1, 0.15) is 5.75 Å². The van der Waals surface area contributed by atoms with Gasteiger partial charge in [0.2, 0.25) is 0 Å². The zero-order valence-electron chi connectivity index (χ0n) is 10.4. The Morgan fingerprint density at radius 3 is 2.60 bits per heavy atom. The van der Waals surface area contributed by atoms with Crippen LogP contribution in [-0.2, 0) is 4.79 Å². The van der Waals surface area contributed by atoms with Crippen LogP contribution in [0.15, 0.2) is 46.9 Å². The molecule has 0 aliphatic rings. The maximum Gasteiger partial charge on any atom is 0.262 e. The van der Waals surface area contributed by atoms with Gasteiger partial charge in [0.05, 0.1) is 16.4 Å². The first-order chi connectivity index (χ1) is 9.56. The first-order valence-corrected chi connectivity index (χ1v) is 6.95. The third-order valence-electron chi connectivity index (χ3n) is 2.49. The van der Waals surface area contributed by atoms with E-state index in [4.69, 9.17) is 22.1 Å². The number of nitrogens with one attached hydrogen (secondary N) is 1. The summed E-state index contributed by atoms with van der Waals surface area (Å²) in [6.07, 6.45) is 0. The highest BCUT2D eigenvalue weighted by Gasteiger charge is 2.09. The van der Waals surface area contributed by atoms with E-state index in [1.54, 1.807) is 30.3 Å². The van der Waals surface area contributed by atoms with Crippen molar-refractivity contribution in [3.8, 4) is 5.75 Å². The normalized spacial score (nSPS) is 10.1. The molecular formula is C14H12BrClN2O2. The van der Waals surface area contributed by atoms with Crippen LogP contribution < -0.4 is 15.8 Å². The number of para-hydroxylation sites is 1. The van der Waals surface area contributed by atoms with Crippen LogP contribution >= 0.6 is 27.5 Å². The largest absolute Gasteiger partial charge is 0.484 e. The molecule has 0 aromatic heterocycles. The number of anilines is 2. The second-order valence-corrected chi connectivity index (χ2v) is 5.32. The van der Waals surface area contributed by atoms with E-state index < -0.39 is 0 Å². The van der Waals surface area contributed by atoms with E-state index in [1.807, 2.05) is 12.1 Å². The van der Waals surface area contributed by atoms with E-state index in [0.29, 0.717) is 22.1 Å². The summed E-state index contributed by atoms with van der Waals surface area (Å²) >= 11 is 9.29. The summed E-state index contributed by atoms with van der Waals surface area (Å²) in [5.74, 6) is 0.281. The van der Waals surface area contributed by atoms with Crippen LogP contribution in [0.1, 0.15) is 0 Å². The summed E-state index contributed by atoms with van der Waals surface area (Å²) < 4.78 is 6.30. The van der Waals surface area contributed by atoms with Crippen molar-refractivity contribution < 1.29 is 9.53 Å². The van der Waals surface area contributed by atoms with E-state index >= 15 is 0 Å². The molecule has 0 heterocycles. The van der Waals surface area contributed by atoms with Crippen molar-refractivity contribution in [3.63, 3.8) is 0 Å². The predicted octanol–water partition coefficient (Wildman–Crippen LogP) is 3.70. The van der Waals surface area contributed by atoms with Crippen LogP contribution in [0, 0.1) is 0 Å². The molecule has 1 amide bonds. The van der Waals surface area contributed by atoms with Crippen LogP contribution in [0.2, 0.25) is 5.02 Å². The molecule has 2 rings (SSSR count). The van der Waals surface area contributed by atoms with Gasteiger partial charge >= 0.3 is 0 Å². The van der Waals surface area contributed by atoms with Crippen LogP contribution in [0.5, 0.6) is 5.75 Å². The quantitative estimate of drug-likeness (QED) is 0.822. The number of hydrogen-bond acceptors (Lipinski definition) is 3. The number of nitrogens with two attached hydrogens (primary N) is 1. The smallest absolute Gasteiger partial charge is 0.262 e. The third kappa shape index (κ3) is 3.88. The number of nitrogen functional groups attached to an aromatic ring is 1. The van der Waals surface area contributed by atoms with Crippen LogP contribution in [0.3, 0.4) is 0 Å². The van der Waals surface area contributed by atoms with Crippen LogP contribution in [0.25, 0.3) is 0 Å². The van der Waals surface area contributed by atoms with Gasteiger partial charge in [0, 0.05) is 4.47 Å². The second-order valence-electron chi connectivity index (χ2n) is 3.99. The van der Waals surface area contributed by atoms with E-state index in [9.17, 15) is 4.79 Å². The lowest BCUT2D eigenvalue weighted by molar-refractivity contribution is -0.118. The minimum absolute atomic E-state index is 0.119. The summed E-state index contributed by atoms with van der Waals surface area (Å²) in [6, 6.07) is 12.2. The van der Waals surface area contributed by atoms with Gasteiger partial charge in [-0.3, -0.25) is 4.79 Å². The number of rotatable bonds is 4. The fourth-order valence-electron chi connectivity index (χ4n) is 1.53. The van der Waals surface area contributed by atoms with Crippen molar-refractivity contribution in [2.75, 3.05) is 17.7 Å². The highest BCUT2D eigenvalue weighted by atomic mass is 79.9. The molecule has 0 saturated carbocycles. The highest BCUT2D eigenvalue weighted by molar-refractivity contribution is 9.10. The van der Waals surface area contributed by atoms with Gasteiger partial charge in [-0.15, -0.1) is 0 Å². The molecule has 2 aromatic rings. The molecule has 2 aromatic carbocycles. The molecule has 0 fully saturated rings. The number of ether oxygens (including phenoxy) is 1. The number of benzene rings is 2. The molecule has 0 bridgehead atoms. The predicted molar refractivity (Wildman–Crippen MR) is 84.1 cm³/mol. The van der Waals surface area contributed by atoms with Crippen molar-refractivity contribution in [1.82, 2.24) is 0 Å². The number of carbonyl (C=O) groups excluding carboxylic acids is 1.